The van der Waals surface area contributed by atoms with E-state index in [1.165, 1.54) is 30.6 Å². The predicted octanol–water partition coefficient (Wildman–Crippen LogP) is 4.27. The third-order valence-corrected chi connectivity index (χ3v) is 4.34. The summed E-state index contributed by atoms with van der Waals surface area (Å²) in [4.78, 5) is 3.07. The summed E-state index contributed by atoms with van der Waals surface area (Å²) in [7, 11) is 0. The molecule has 0 fully saturated rings. The number of hydrogen-bond acceptors (Lipinski definition) is 2. The molecule has 0 radical (unpaired) electrons. The fourth-order valence-corrected chi connectivity index (χ4v) is 3.20. The first-order valence-electron chi connectivity index (χ1n) is 6.96. The number of aryl methyl sites for hydroxylation is 2. The molecule has 1 aromatic rings. The van der Waals surface area contributed by atoms with Gasteiger partial charge in [0.15, 0.2) is 0 Å². The van der Waals surface area contributed by atoms with E-state index >= 15 is 0 Å². The molecule has 1 atom stereocenters. The minimum atomic E-state index is 0.687. The maximum absolute atomic E-state index is 3.61. The number of rotatable bonds is 8. The summed E-state index contributed by atoms with van der Waals surface area (Å²) in [5.74, 6) is 0.786. The standard InChI is InChI=1S/C15H27NS/c1-5-14-9-10-15(17-14)8-7-13(16-6-2)11-12(3)4/h9-10,12-13,16H,5-8,11H2,1-4H3. The normalized spacial score (nSPS) is 13.2. The van der Waals surface area contributed by atoms with Gasteiger partial charge in [0, 0.05) is 15.8 Å². The lowest BCUT2D eigenvalue weighted by Gasteiger charge is -2.19. The van der Waals surface area contributed by atoms with Crippen molar-refractivity contribution in [1.29, 1.82) is 0 Å². The Morgan fingerprint density at radius 1 is 1.18 bits per heavy atom. The van der Waals surface area contributed by atoms with Crippen molar-refractivity contribution in [3.63, 3.8) is 0 Å². The summed E-state index contributed by atoms with van der Waals surface area (Å²) in [6, 6.07) is 5.28. The fraction of sp³-hybridized carbons (Fsp3) is 0.733. The molecule has 1 rings (SSSR count). The van der Waals surface area contributed by atoms with Crippen molar-refractivity contribution in [1.82, 2.24) is 5.32 Å². The van der Waals surface area contributed by atoms with Crippen LogP contribution in [0.1, 0.15) is 50.3 Å². The van der Waals surface area contributed by atoms with Gasteiger partial charge in [-0.1, -0.05) is 27.7 Å². The first-order chi connectivity index (χ1) is 8.15. The van der Waals surface area contributed by atoms with Crippen molar-refractivity contribution in [3.05, 3.63) is 21.9 Å². The lowest BCUT2D eigenvalue weighted by Crippen LogP contribution is -2.30. The third kappa shape index (κ3) is 5.69. The lowest BCUT2D eigenvalue weighted by molar-refractivity contribution is 0.406. The van der Waals surface area contributed by atoms with Crippen LogP contribution < -0.4 is 5.32 Å². The Morgan fingerprint density at radius 2 is 1.88 bits per heavy atom. The zero-order chi connectivity index (χ0) is 12.7. The molecule has 1 aromatic heterocycles. The van der Waals surface area contributed by atoms with Crippen LogP contribution >= 0.6 is 11.3 Å². The molecule has 17 heavy (non-hydrogen) atoms. The van der Waals surface area contributed by atoms with Crippen LogP contribution in [0.4, 0.5) is 0 Å². The molecule has 1 nitrogen and oxygen atoms in total. The Balaban J connectivity index is 2.39. The Kier molecular flexibility index (Phi) is 6.83. The minimum Gasteiger partial charge on any atom is -0.314 e. The van der Waals surface area contributed by atoms with Gasteiger partial charge >= 0.3 is 0 Å². The average molecular weight is 253 g/mol. The van der Waals surface area contributed by atoms with Crippen molar-refractivity contribution in [3.8, 4) is 0 Å². The highest BCUT2D eigenvalue weighted by atomic mass is 32.1. The van der Waals surface area contributed by atoms with E-state index in [0.29, 0.717) is 6.04 Å². The van der Waals surface area contributed by atoms with Gasteiger partial charge in [0.05, 0.1) is 0 Å². The van der Waals surface area contributed by atoms with Gasteiger partial charge in [-0.15, -0.1) is 11.3 Å². The Hall–Kier alpha value is -0.340. The first kappa shape index (κ1) is 14.7. The molecule has 0 aromatic carbocycles. The quantitative estimate of drug-likeness (QED) is 0.729. The summed E-state index contributed by atoms with van der Waals surface area (Å²) >= 11 is 1.98. The molecule has 0 spiro atoms. The Labute approximate surface area is 111 Å². The number of nitrogens with one attached hydrogen (secondary N) is 1. The summed E-state index contributed by atoms with van der Waals surface area (Å²) in [6.45, 7) is 10.1. The van der Waals surface area contributed by atoms with Crippen LogP contribution in [0.3, 0.4) is 0 Å². The van der Waals surface area contributed by atoms with E-state index in [1.54, 1.807) is 4.88 Å². The van der Waals surface area contributed by atoms with Crippen LogP contribution in [-0.2, 0) is 12.8 Å². The first-order valence-corrected chi connectivity index (χ1v) is 7.78. The Morgan fingerprint density at radius 3 is 2.41 bits per heavy atom. The van der Waals surface area contributed by atoms with Crippen LogP contribution in [-0.4, -0.2) is 12.6 Å². The van der Waals surface area contributed by atoms with Crippen LogP contribution in [0.2, 0.25) is 0 Å². The molecule has 0 aliphatic carbocycles. The smallest absolute Gasteiger partial charge is 0.00728 e. The predicted molar refractivity (Wildman–Crippen MR) is 78.9 cm³/mol. The molecular formula is C15H27NS. The second kappa shape index (κ2) is 7.88. The molecule has 0 aliphatic heterocycles. The van der Waals surface area contributed by atoms with E-state index < -0.39 is 0 Å². The van der Waals surface area contributed by atoms with E-state index in [0.717, 1.165) is 12.5 Å². The van der Waals surface area contributed by atoms with Gasteiger partial charge in [-0.25, -0.2) is 0 Å². The van der Waals surface area contributed by atoms with Crippen LogP contribution in [0.25, 0.3) is 0 Å². The second-order valence-corrected chi connectivity index (χ2v) is 6.40. The van der Waals surface area contributed by atoms with Crippen LogP contribution in [0.5, 0.6) is 0 Å². The van der Waals surface area contributed by atoms with Crippen LogP contribution in [0.15, 0.2) is 12.1 Å². The van der Waals surface area contributed by atoms with Crippen molar-refractivity contribution in [2.24, 2.45) is 5.92 Å². The molecule has 1 heterocycles. The second-order valence-electron chi connectivity index (χ2n) is 5.14. The maximum atomic E-state index is 3.61. The van der Waals surface area contributed by atoms with E-state index in [2.05, 4.69) is 45.1 Å². The van der Waals surface area contributed by atoms with Gasteiger partial charge in [0.25, 0.3) is 0 Å². The molecule has 0 amide bonds. The zero-order valence-electron chi connectivity index (χ0n) is 11.8. The maximum Gasteiger partial charge on any atom is 0.00728 e. The molecule has 0 saturated heterocycles. The highest BCUT2D eigenvalue weighted by Gasteiger charge is 2.10. The summed E-state index contributed by atoms with van der Waals surface area (Å²) < 4.78 is 0. The molecular weight excluding hydrogens is 226 g/mol. The molecule has 2 heteroatoms. The van der Waals surface area contributed by atoms with E-state index in [4.69, 9.17) is 0 Å². The summed E-state index contributed by atoms with van der Waals surface area (Å²) in [5.41, 5.74) is 0. The largest absolute Gasteiger partial charge is 0.314 e. The van der Waals surface area contributed by atoms with Gasteiger partial charge < -0.3 is 5.32 Å². The fourth-order valence-electron chi connectivity index (χ4n) is 2.22. The molecule has 1 unspecified atom stereocenters. The van der Waals surface area contributed by atoms with Gasteiger partial charge in [-0.3, -0.25) is 0 Å². The highest BCUT2D eigenvalue weighted by molar-refractivity contribution is 7.11. The van der Waals surface area contributed by atoms with Gasteiger partial charge in [0.2, 0.25) is 0 Å². The molecule has 0 aliphatic rings. The van der Waals surface area contributed by atoms with Gasteiger partial charge in [-0.2, -0.15) is 0 Å². The molecule has 0 saturated carbocycles. The molecule has 1 N–H and O–H groups in total. The topological polar surface area (TPSA) is 12.0 Å². The highest BCUT2D eigenvalue weighted by Crippen LogP contribution is 2.20. The molecule has 98 valence electrons. The zero-order valence-corrected chi connectivity index (χ0v) is 12.6. The number of hydrogen-bond donors (Lipinski definition) is 1. The SMILES string of the molecule is CCNC(CCc1ccc(CC)s1)CC(C)C. The van der Waals surface area contributed by atoms with E-state index in [9.17, 15) is 0 Å². The third-order valence-electron chi connectivity index (χ3n) is 3.05. The Bertz CT molecular complexity index is 304. The van der Waals surface area contributed by atoms with Crippen molar-refractivity contribution in [2.75, 3.05) is 6.54 Å². The summed E-state index contributed by atoms with van der Waals surface area (Å²) in [5, 5.41) is 3.61. The van der Waals surface area contributed by atoms with Gasteiger partial charge in [-0.05, 0) is 50.3 Å². The van der Waals surface area contributed by atoms with Crippen LogP contribution in [0, 0.1) is 5.92 Å². The van der Waals surface area contributed by atoms with Gasteiger partial charge in [0.1, 0.15) is 0 Å². The van der Waals surface area contributed by atoms with Crippen molar-refractivity contribution in [2.45, 2.75) is 59.4 Å². The molecule has 0 bridgehead atoms. The van der Waals surface area contributed by atoms with E-state index in [1.807, 2.05) is 11.3 Å². The monoisotopic (exact) mass is 253 g/mol. The van der Waals surface area contributed by atoms with E-state index in [-0.39, 0.29) is 0 Å². The van der Waals surface area contributed by atoms with Crippen molar-refractivity contribution < 1.29 is 0 Å². The van der Waals surface area contributed by atoms with Crippen molar-refractivity contribution >= 4 is 11.3 Å². The average Bonchev–Trinajstić information content (AvgIpc) is 2.73. The minimum absolute atomic E-state index is 0.687. The number of thiophene rings is 1. The summed E-state index contributed by atoms with van der Waals surface area (Å²) in [6.07, 6.45) is 4.97. The lowest BCUT2D eigenvalue weighted by atomic mass is 9.99.